The summed E-state index contributed by atoms with van der Waals surface area (Å²) < 4.78 is 19.0. The number of aromatic nitrogens is 3. The fraction of sp³-hybridized carbons (Fsp3) is 0.444. The van der Waals surface area contributed by atoms with Gasteiger partial charge in [0.05, 0.1) is 5.75 Å². The number of alkyl halides is 1. The van der Waals surface area contributed by atoms with Crippen molar-refractivity contribution in [3.05, 3.63) is 41.6 Å². The Hall–Kier alpha value is -2.42. The molecule has 0 bridgehead atoms. The average molecular weight is 388 g/mol. The second kappa shape index (κ2) is 7.67. The highest BCUT2D eigenvalue weighted by molar-refractivity contribution is 8.12. The minimum atomic E-state index is -0.945. The van der Waals surface area contributed by atoms with Gasteiger partial charge in [-0.15, -0.1) is 0 Å². The molecule has 1 aliphatic heterocycles. The zero-order chi connectivity index (χ0) is 18.8. The summed E-state index contributed by atoms with van der Waals surface area (Å²) in [4.78, 5) is 17.3. The van der Waals surface area contributed by atoms with Crippen LogP contribution in [0.2, 0.25) is 0 Å². The van der Waals surface area contributed by atoms with Gasteiger partial charge in [0.15, 0.2) is 0 Å². The molecule has 7 nitrogen and oxygen atoms in total. The zero-order valence-electron chi connectivity index (χ0n) is 14.9. The summed E-state index contributed by atoms with van der Waals surface area (Å²) in [5.41, 5.74) is 6.54. The van der Waals surface area contributed by atoms with Gasteiger partial charge in [0.2, 0.25) is 11.9 Å². The number of halogens is 1. The standard InChI is InChI=1S/C18H21FN6OS/c1-10-2-7-14-13(8-10)22-18(26-14)27-9-15-23-16(20)25-17(24-15)21-12-5-3-11(19)4-6-12/h3,5-7,10-11,13H,2,4,8-9H2,1H3,(H3,20,21,23,24,25). The first-order valence-electron chi connectivity index (χ1n) is 8.93. The van der Waals surface area contributed by atoms with Crippen LogP contribution in [0.25, 0.3) is 0 Å². The van der Waals surface area contributed by atoms with Crippen LogP contribution in [-0.2, 0) is 10.5 Å². The molecule has 0 spiro atoms. The van der Waals surface area contributed by atoms with Gasteiger partial charge in [-0.05, 0) is 37.0 Å². The molecule has 3 N–H and O–H groups in total. The third-order valence-electron chi connectivity index (χ3n) is 4.47. The number of nitrogens with one attached hydrogen (secondary N) is 1. The van der Waals surface area contributed by atoms with E-state index in [1.54, 1.807) is 12.2 Å². The minimum Gasteiger partial charge on any atom is -0.436 e. The molecule has 27 heavy (non-hydrogen) atoms. The summed E-state index contributed by atoms with van der Waals surface area (Å²) >= 11 is 1.44. The second-order valence-corrected chi connectivity index (χ2v) is 7.74. The molecule has 1 aromatic heterocycles. The molecule has 142 valence electrons. The number of nitrogens with zero attached hydrogens (tertiary/aromatic N) is 4. The van der Waals surface area contributed by atoms with Crippen molar-refractivity contribution in [1.82, 2.24) is 15.0 Å². The molecule has 0 radical (unpaired) electrons. The van der Waals surface area contributed by atoms with Crippen LogP contribution in [0.1, 0.15) is 32.0 Å². The summed E-state index contributed by atoms with van der Waals surface area (Å²) in [6.45, 7) is 2.22. The van der Waals surface area contributed by atoms with E-state index in [0.717, 1.165) is 24.3 Å². The Labute approximate surface area is 161 Å². The van der Waals surface area contributed by atoms with Crippen LogP contribution < -0.4 is 11.1 Å². The Bertz CT molecular complexity index is 852. The quantitative estimate of drug-likeness (QED) is 0.816. The van der Waals surface area contributed by atoms with Gasteiger partial charge in [0, 0.05) is 12.1 Å². The first-order chi connectivity index (χ1) is 13.0. The maximum Gasteiger partial charge on any atom is 0.252 e. The van der Waals surface area contributed by atoms with E-state index < -0.39 is 6.17 Å². The van der Waals surface area contributed by atoms with Crippen LogP contribution in [0.3, 0.4) is 0 Å². The van der Waals surface area contributed by atoms with E-state index in [2.05, 4.69) is 38.3 Å². The maximum absolute atomic E-state index is 13.2. The van der Waals surface area contributed by atoms with Crippen molar-refractivity contribution in [3.8, 4) is 0 Å². The molecule has 0 saturated heterocycles. The van der Waals surface area contributed by atoms with Gasteiger partial charge in [-0.3, -0.25) is 0 Å². The van der Waals surface area contributed by atoms with E-state index in [0.29, 0.717) is 35.1 Å². The number of nitrogen functional groups attached to an aromatic ring is 1. The van der Waals surface area contributed by atoms with Gasteiger partial charge >= 0.3 is 0 Å². The topological polar surface area (TPSA) is 98.3 Å². The predicted molar refractivity (Wildman–Crippen MR) is 105 cm³/mol. The number of aliphatic imine (C=N–C) groups is 1. The van der Waals surface area contributed by atoms with Crippen molar-refractivity contribution in [1.29, 1.82) is 0 Å². The Balaban J connectivity index is 1.39. The summed E-state index contributed by atoms with van der Waals surface area (Å²) in [5.74, 6) is 3.05. The molecule has 0 saturated carbocycles. The predicted octanol–water partition coefficient (Wildman–Crippen LogP) is 3.35. The highest BCUT2D eigenvalue weighted by Gasteiger charge is 2.30. The van der Waals surface area contributed by atoms with Crippen molar-refractivity contribution in [3.63, 3.8) is 0 Å². The van der Waals surface area contributed by atoms with Crippen molar-refractivity contribution in [2.24, 2.45) is 10.9 Å². The van der Waals surface area contributed by atoms with E-state index in [4.69, 9.17) is 10.5 Å². The van der Waals surface area contributed by atoms with Gasteiger partial charge in [-0.1, -0.05) is 24.8 Å². The third-order valence-corrected chi connectivity index (χ3v) is 5.31. The van der Waals surface area contributed by atoms with E-state index in [1.165, 1.54) is 17.8 Å². The van der Waals surface area contributed by atoms with Crippen molar-refractivity contribution < 1.29 is 9.13 Å². The van der Waals surface area contributed by atoms with Crippen LogP contribution in [0.5, 0.6) is 0 Å². The van der Waals surface area contributed by atoms with E-state index in [1.807, 2.05) is 0 Å². The van der Waals surface area contributed by atoms with Gasteiger partial charge < -0.3 is 15.8 Å². The lowest BCUT2D eigenvalue weighted by molar-refractivity contribution is 0.366. The molecule has 2 heterocycles. The Morgan fingerprint density at radius 1 is 1.30 bits per heavy atom. The summed E-state index contributed by atoms with van der Waals surface area (Å²) in [6.07, 6.45) is 8.49. The number of rotatable bonds is 4. The van der Waals surface area contributed by atoms with Crippen molar-refractivity contribution in [2.45, 2.75) is 44.2 Å². The van der Waals surface area contributed by atoms with E-state index in [-0.39, 0.29) is 12.0 Å². The maximum atomic E-state index is 13.2. The van der Waals surface area contributed by atoms with E-state index >= 15 is 0 Å². The fourth-order valence-electron chi connectivity index (χ4n) is 3.09. The first kappa shape index (κ1) is 18.0. The molecule has 2 aliphatic carbocycles. The Morgan fingerprint density at radius 3 is 3.00 bits per heavy atom. The number of anilines is 2. The molecule has 3 unspecified atom stereocenters. The summed E-state index contributed by atoms with van der Waals surface area (Å²) in [5, 5.41) is 3.68. The van der Waals surface area contributed by atoms with Crippen LogP contribution in [0.4, 0.5) is 16.3 Å². The lowest BCUT2D eigenvalue weighted by Gasteiger charge is -2.18. The SMILES string of the molecule is CC1CC=C2OC(SCc3nc(N)nc(NC4=CCC(F)C=C4)n3)=NC2C1. The number of ether oxygens (including phenoxy) is 1. The van der Waals surface area contributed by atoms with E-state index in [9.17, 15) is 4.39 Å². The fourth-order valence-corrected chi connectivity index (χ4v) is 3.83. The molecular formula is C18H21FN6OS. The summed E-state index contributed by atoms with van der Waals surface area (Å²) in [6, 6.07) is 0.140. The Kier molecular flexibility index (Phi) is 5.11. The number of allylic oxidation sites excluding steroid dienone is 4. The molecule has 3 atom stereocenters. The molecule has 0 aromatic carbocycles. The minimum absolute atomic E-state index is 0.131. The highest BCUT2D eigenvalue weighted by Crippen LogP contribution is 2.33. The van der Waals surface area contributed by atoms with Crippen LogP contribution >= 0.6 is 11.8 Å². The van der Waals surface area contributed by atoms with Gasteiger partial charge in [0.25, 0.3) is 5.23 Å². The van der Waals surface area contributed by atoms with Crippen molar-refractivity contribution >= 4 is 28.9 Å². The lowest BCUT2D eigenvalue weighted by atomic mass is 9.92. The molecule has 9 heteroatoms. The van der Waals surface area contributed by atoms with Crippen molar-refractivity contribution in [2.75, 3.05) is 11.1 Å². The number of thioether (sulfide) groups is 1. The van der Waals surface area contributed by atoms with Gasteiger partial charge in [-0.2, -0.15) is 15.0 Å². The average Bonchev–Trinajstić information content (AvgIpc) is 3.03. The third kappa shape index (κ3) is 4.47. The number of fused-ring (bicyclic) bond motifs is 1. The molecule has 0 amide bonds. The molecule has 0 fully saturated rings. The molecule has 3 aliphatic rings. The molecule has 4 rings (SSSR count). The highest BCUT2D eigenvalue weighted by atomic mass is 32.2. The van der Waals surface area contributed by atoms with Crippen LogP contribution in [0.15, 0.2) is 40.8 Å². The van der Waals surface area contributed by atoms with Crippen LogP contribution in [0, 0.1) is 5.92 Å². The van der Waals surface area contributed by atoms with Crippen LogP contribution in [-0.4, -0.2) is 32.4 Å². The monoisotopic (exact) mass is 388 g/mol. The molecular weight excluding hydrogens is 367 g/mol. The summed E-state index contributed by atoms with van der Waals surface area (Å²) in [7, 11) is 0. The molecule has 1 aromatic rings. The van der Waals surface area contributed by atoms with Gasteiger partial charge in [0.1, 0.15) is 23.8 Å². The van der Waals surface area contributed by atoms with Gasteiger partial charge in [-0.25, -0.2) is 9.38 Å². The first-order valence-corrected chi connectivity index (χ1v) is 9.92. The second-order valence-electron chi connectivity index (χ2n) is 6.81. The number of nitrogens with two attached hydrogens (primary N) is 1. The number of hydrogen-bond acceptors (Lipinski definition) is 8. The Morgan fingerprint density at radius 2 is 2.19 bits per heavy atom. The largest absolute Gasteiger partial charge is 0.436 e. The number of hydrogen-bond donors (Lipinski definition) is 2. The normalized spacial score (nSPS) is 26.6. The lowest BCUT2D eigenvalue weighted by Crippen LogP contribution is -2.14. The smallest absolute Gasteiger partial charge is 0.252 e. The zero-order valence-corrected chi connectivity index (χ0v) is 15.7.